The molecule has 1 atom stereocenters. The molecule has 1 aliphatic rings. The van der Waals surface area contributed by atoms with Gasteiger partial charge in [0, 0.05) is 5.56 Å². The predicted octanol–water partition coefficient (Wildman–Crippen LogP) is 1.88. The molecule has 0 aliphatic heterocycles. The maximum atomic E-state index is 6.29. The molecule has 0 spiro atoms. The third-order valence-corrected chi connectivity index (χ3v) is 3.28. The van der Waals surface area contributed by atoms with Crippen molar-refractivity contribution in [3.63, 3.8) is 0 Å². The lowest BCUT2D eigenvalue weighted by Crippen LogP contribution is -2.26. The van der Waals surface area contributed by atoms with Crippen molar-refractivity contribution in [3.05, 3.63) is 17.0 Å². The minimum absolute atomic E-state index is 0.189. The van der Waals surface area contributed by atoms with Crippen LogP contribution in [0.3, 0.4) is 0 Å². The van der Waals surface area contributed by atoms with E-state index in [4.69, 9.17) is 10.3 Å². The fraction of sp³-hybridized carbons (Fsp3) is 0.700. The molecule has 0 bridgehead atoms. The maximum absolute atomic E-state index is 6.29. The highest BCUT2D eigenvalue weighted by Crippen LogP contribution is 2.61. The van der Waals surface area contributed by atoms with Gasteiger partial charge in [-0.25, -0.2) is 0 Å². The van der Waals surface area contributed by atoms with E-state index in [1.54, 1.807) is 0 Å². The molecule has 0 radical (unpaired) electrons. The first kappa shape index (κ1) is 8.75. The Kier molecular flexibility index (Phi) is 1.45. The topological polar surface area (TPSA) is 52.0 Å². The summed E-state index contributed by atoms with van der Waals surface area (Å²) in [4.78, 5) is 0. The van der Waals surface area contributed by atoms with Crippen LogP contribution in [0, 0.1) is 19.3 Å². The molecule has 1 saturated carbocycles. The van der Waals surface area contributed by atoms with E-state index in [2.05, 4.69) is 19.0 Å². The standard InChI is InChI=1S/C10H16N2O/c1-6-8(7(2)13-12-6)10(11)5-9(10,3)4/h5,11H2,1-4H3. The van der Waals surface area contributed by atoms with Crippen molar-refractivity contribution >= 4 is 0 Å². The molecule has 1 aromatic heterocycles. The summed E-state index contributed by atoms with van der Waals surface area (Å²) in [5.74, 6) is 0.866. The first-order chi connectivity index (χ1) is 5.88. The average molecular weight is 180 g/mol. The second-order valence-corrected chi connectivity index (χ2v) is 4.73. The van der Waals surface area contributed by atoms with Gasteiger partial charge in [-0.3, -0.25) is 0 Å². The molecule has 0 amide bonds. The zero-order valence-electron chi connectivity index (χ0n) is 8.64. The van der Waals surface area contributed by atoms with Crippen molar-refractivity contribution in [3.8, 4) is 0 Å². The molecule has 1 aromatic rings. The van der Waals surface area contributed by atoms with Crippen LogP contribution in [0.2, 0.25) is 0 Å². The molecule has 2 N–H and O–H groups in total. The second kappa shape index (κ2) is 2.15. The second-order valence-electron chi connectivity index (χ2n) is 4.73. The quantitative estimate of drug-likeness (QED) is 0.717. The highest BCUT2D eigenvalue weighted by molar-refractivity contribution is 5.39. The smallest absolute Gasteiger partial charge is 0.138 e. The molecule has 3 heteroatoms. The van der Waals surface area contributed by atoms with Crippen molar-refractivity contribution in [1.29, 1.82) is 0 Å². The van der Waals surface area contributed by atoms with E-state index in [1.165, 1.54) is 0 Å². The third-order valence-electron chi connectivity index (χ3n) is 3.28. The Bertz CT molecular complexity index is 334. The first-order valence-electron chi connectivity index (χ1n) is 4.61. The summed E-state index contributed by atoms with van der Waals surface area (Å²) in [6.07, 6.45) is 1.02. The van der Waals surface area contributed by atoms with E-state index in [9.17, 15) is 0 Å². The maximum Gasteiger partial charge on any atom is 0.138 e. The number of nitrogens with two attached hydrogens (primary N) is 1. The summed E-state index contributed by atoms with van der Waals surface area (Å²) in [6, 6.07) is 0. The van der Waals surface area contributed by atoms with Crippen molar-refractivity contribution < 1.29 is 4.52 Å². The molecule has 0 saturated heterocycles. The summed E-state index contributed by atoms with van der Waals surface area (Å²) in [6.45, 7) is 8.24. The van der Waals surface area contributed by atoms with Crippen LogP contribution in [-0.4, -0.2) is 5.16 Å². The van der Waals surface area contributed by atoms with E-state index >= 15 is 0 Å². The van der Waals surface area contributed by atoms with Gasteiger partial charge in [0.05, 0.1) is 11.2 Å². The molecule has 13 heavy (non-hydrogen) atoms. The summed E-state index contributed by atoms with van der Waals surface area (Å²) < 4.78 is 5.13. The van der Waals surface area contributed by atoms with Gasteiger partial charge < -0.3 is 10.3 Å². The van der Waals surface area contributed by atoms with E-state index in [0.717, 1.165) is 23.4 Å². The van der Waals surface area contributed by atoms with Crippen molar-refractivity contribution in [2.75, 3.05) is 0 Å². The summed E-state index contributed by atoms with van der Waals surface area (Å²) in [5, 5.41) is 3.93. The SMILES string of the molecule is Cc1noc(C)c1C1(N)CC1(C)C. The van der Waals surface area contributed by atoms with Crippen molar-refractivity contribution in [2.24, 2.45) is 11.1 Å². The Morgan fingerprint density at radius 1 is 1.38 bits per heavy atom. The summed E-state index contributed by atoms with van der Waals surface area (Å²) >= 11 is 0. The minimum atomic E-state index is -0.207. The van der Waals surface area contributed by atoms with Crippen LogP contribution < -0.4 is 5.73 Å². The highest BCUT2D eigenvalue weighted by atomic mass is 16.5. The molecule has 1 aliphatic carbocycles. The number of hydrogen-bond acceptors (Lipinski definition) is 3. The number of rotatable bonds is 1. The average Bonchev–Trinajstić information content (AvgIpc) is 2.35. The molecule has 0 aromatic carbocycles. The number of aromatic nitrogens is 1. The van der Waals surface area contributed by atoms with E-state index in [0.29, 0.717) is 0 Å². The molecular weight excluding hydrogens is 164 g/mol. The molecule has 3 nitrogen and oxygen atoms in total. The third kappa shape index (κ3) is 0.967. The van der Waals surface area contributed by atoms with Crippen LogP contribution in [0.5, 0.6) is 0 Å². The summed E-state index contributed by atoms with van der Waals surface area (Å²) in [5.41, 5.74) is 8.32. The lowest BCUT2D eigenvalue weighted by Gasteiger charge is -2.14. The van der Waals surface area contributed by atoms with Crippen molar-refractivity contribution in [2.45, 2.75) is 39.7 Å². The molecule has 1 fully saturated rings. The monoisotopic (exact) mass is 180 g/mol. The zero-order chi connectivity index (χ0) is 9.85. The normalized spacial score (nSPS) is 30.5. The molecule has 72 valence electrons. The van der Waals surface area contributed by atoms with Gasteiger partial charge in [0.2, 0.25) is 0 Å². The van der Waals surface area contributed by atoms with Crippen LogP contribution in [0.15, 0.2) is 4.52 Å². The molecule has 1 unspecified atom stereocenters. The Hall–Kier alpha value is -0.830. The molecule has 2 rings (SSSR count). The van der Waals surface area contributed by atoms with E-state index in [1.807, 2.05) is 13.8 Å². The minimum Gasteiger partial charge on any atom is -0.361 e. The van der Waals surface area contributed by atoms with Gasteiger partial charge in [0.25, 0.3) is 0 Å². The lowest BCUT2D eigenvalue weighted by molar-refractivity contribution is 0.389. The largest absolute Gasteiger partial charge is 0.361 e. The van der Waals surface area contributed by atoms with Crippen LogP contribution in [0.4, 0.5) is 0 Å². The van der Waals surface area contributed by atoms with Crippen LogP contribution in [0.25, 0.3) is 0 Å². The summed E-state index contributed by atoms with van der Waals surface area (Å²) in [7, 11) is 0. The van der Waals surface area contributed by atoms with Gasteiger partial charge in [-0.15, -0.1) is 0 Å². The van der Waals surface area contributed by atoms with Crippen LogP contribution in [0.1, 0.15) is 37.3 Å². The van der Waals surface area contributed by atoms with E-state index in [-0.39, 0.29) is 11.0 Å². The zero-order valence-corrected chi connectivity index (χ0v) is 8.64. The first-order valence-corrected chi connectivity index (χ1v) is 4.61. The number of aryl methyl sites for hydroxylation is 2. The van der Waals surface area contributed by atoms with Crippen molar-refractivity contribution in [1.82, 2.24) is 5.16 Å². The molecular formula is C10H16N2O. The van der Waals surface area contributed by atoms with Crippen LogP contribution >= 0.6 is 0 Å². The lowest BCUT2D eigenvalue weighted by atomic mass is 9.96. The van der Waals surface area contributed by atoms with E-state index < -0.39 is 0 Å². The van der Waals surface area contributed by atoms with Crippen LogP contribution in [-0.2, 0) is 5.54 Å². The predicted molar refractivity (Wildman–Crippen MR) is 50.2 cm³/mol. The Morgan fingerprint density at radius 2 is 1.92 bits per heavy atom. The van der Waals surface area contributed by atoms with Gasteiger partial charge in [-0.2, -0.15) is 0 Å². The van der Waals surface area contributed by atoms with Gasteiger partial charge in [-0.05, 0) is 25.7 Å². The fourth-order valence-electron chi connectivity index (χ4n) is 2.20. The Balaban J connectivity index is 2.48. The fourth-order valence-corrected chi connectivity index (χ4v) is 2.20. The van der Waals surface area contributed by atoms with Gasteiger partial charge in [-0.1, -0.05) is 19.0 Å². The number of nitrogens with zero attached hydrogens (tertiary/aromatic N) is 1. The Morgan fingerprint density at radius 3 is 2.23 bits per heavy atom. The van der Waals surface area contributed by atoms with Gasteiger partial charge >= 0.3 is 0 Å². The number of hydrogen-bond donors (Lipinski definition) is 1. The van der Waals surface area contributed by atoms with Gasteiger partial charge in [0.15, 0.2) is 0 Å². The molecule has 1 heterocycles. The van der Waals surface area contributed by atoms with Gasteiger partial charge in [0.1, 0.15) is 5.76 Å². The Labute approximate surface area is 78.3 Å². The highest BCUT2D eigenvalue weighted by Gasteiger charge is 2.61.